The molecular weight excluding hydrogens is 419 g/mol. The van der Waals surface area contributed by atoms with E-state index >= 15 is 0 Å². The molecule has 0 radical (unpaired) electrons. The first kappa shape index (κ1) is 19.7. The molecule has 1 fully saturated rings. The molecule has 0 spiro atoms. The second-order valence-electron chi connectivity index (χ2n) is 6.56. The first-order chi connectivity index (χ1) is 13.9. The van der Waals surface area contributed by atoms with Gasteiger partial charge < -0.3 is 4.90 Å². The SMILES string of the molecule is Cc1nccn1-c1ccc(N2CCN(S(=O)(=O)c3ccc(F)c(Cl)c3)CC2)nn1. The highest BCUT2D eigenvalue weighted by Gasteiger charge is 2.29. The van der Waals surface area contributed by atoms with Crippen molar-refractivity contribution >= 4 is 27.4 Å². The molecule has 2 aromatic heterocycles. The van der Waals surface area contributed by atoms with E-state index in [-0.39, 0.29) is 23.0 Å². The van der Waals surface area contributed by atoms with Gasteiger partial charge in [0.1, 0.15) is 11.6 Å². The van der Waals surface area contributed by atoms with Gasteiger partial charge in [-0.1, -0.05) is 11.6 Å². The highest BCUT2D eigenvalue weighted by atomic mass is 35.5. The van der Waals surface area contributed by atoms with Gasteiger partial charge in [-0.2, -0.15) is 4.31 Å². The van der Waals surface area contributed by atoms with Crippen molar-refractivity contribution in [2.24, 2.45) is 0 Å². The molecule has 0 bridgehead atoms. The number of anilines is 1. The maximum Gasteiger partial charge on any atom is 0.243 e. The second kappa shape index (κ2) is 7.69. The number of piperazine rings is 1. The lowest BCUT2D eigenvalue weighted by molar-refractivity contribution is 0.383. The fourth-order valence-corrected chi connectivity index (χ4v) is 4.87. The molecule has 0 saturated carbocycles. The van der Waals surface area contributed by atoms with E-state index in [4.69, 9.17) is 11.6 Å². The van der Waals surface area contributed by atoms with E-state index in [9.17, 15) is 12.8 Å². The van der Waals surface area contributed by atoms with Crippen molar-refractivity contribution in [1.29, 1.82) is 0 Å². The summed E-state index contributed by atoms with van der Waals surface area (Å²) in [6, 6.07) is 7.13. The van der Waals surface area contributed by atoms with E-state index in [2.05, 4.69) is 15.2 Å². The molecule has 3 heterocycles. The lowest BCUT2D eigenvalue weighted by Crippen LogP contribution is -2.49. The molecule has 0 N–H and O–H groups in total. The summed E-state index contributed by atoms with van der Waals surface area (Å²) >= 11 is 5.73. The van der Waals surface area contributed by atoms with Crippen molar-refractivity contribution in [2.75, 3.05) is 31.1 Å². The van der Waals surface area contributed by atoms with Gasteiger partial charge in [0.25, 0.3) is 0 Å². The normalized spacial score (nSPS) is 15.6. The fraction of sp³-hybridized carbons (Fsp3) is 0.278. The molecule has 0 aliphatic carbocycles. The Kier molecular flexibility index (Phi) is 5.24. The maximum atomic E-state index is 13.3. The van der Waals surface area contributed by atoms with E-state index < -0.39 is 15.8 Å². The summed E-state index contributed by atoms with van der Waals surface area (Å²) in [5.41, 5.74) is 0. The number of sulfonamides is 1. The Bertz CT molecular complexity index is 1130. The summed E-state index contributed by atoms with van der Waals surface area (Å²) in [5, 5.41) is 8.29. The molecule has 29 heavy (non-hydrogen) atoms. The van der Waals surface area contributed by atoms with Crippen LogP contribution in [0.3, 0.4) is 0 Å². The number of imidazole rings is 1. The van der Waals surface area contributed by atoms with Crippen LogP contribution >= 0.6 is 11.6 Å². The Hall–Kier alpha value is -2.56. The molecule has 152 valence electrons. The molecule has 0 atom stereocenters. The molecule has 11 heteroatoms. The van der Waals surface area contributed by atoms with Gasteiger partial charge in [0.05, 0.1) is 9.92 Å². The van der Waals surface area contributed by atoms with Crippen LogP contribution in [0, 0.1) is 12.7 Å². The average molecular weight is 437 g/mol. The third-order valence-electron chi connectivity index (χ3n) is 4.80. The topological polar surface area (TPSA) is 84.2 Å². The number of benzene rings is 1. The van der Waals surface area contributed by atoms with E-state index in [1.54, 1.807) is 6.20 Å². The summed E-state index contributed by atoms with van der Waals surface area (Å²) in [7, 11) is -3.74. The van der Waals surface area contributed by atoms with Crippen LogP contribution in [0.1, 0.15) is 5.82 Å². The third-order valence-corrected chi connectivity index (χ3v) is 6.98. The van der Waals surface area contributed by atoms with Crippen molar-refractivity contribution in [2.45, 2.75) is 11.8 Å². The van der Waals surface area contributed by atoms with Crippen LogP contribution in [0.25, 0.3) is 5.82 Å². The van der Waals surface area contributed by atoms with Gasteiger partial charge in [-0.05, 0) is 37.3 Å². The monoisotopic (exact) mass is 436 g/mol. The van der Waals surface area contributed by atoms with Crippen LogP contribution in [0.5, 0.6) is 0 Å². The average Bonchev–Trinajstić information content (AvgIpc) is 3.16. The summed E-state index contributed by atoms with van der Waals surface area (Å²) < 4.78 is 42.1. The maximum absolute atomic E-state index is 13.3. The minimum Gasteiger partial charge on any atom is -0.352 e. The van der Waals surface area contributed by atoms with Gasteiger partial charge in [-0.3, -0.25) is 4.57 Å². The largest absolute Gasteiger partial charge is 0.352 e. The minimum absolute atomic E-state index is 0.0165. The molecule has 3 aromatic rings. The first-order valence-electron chi connectivity index (χ1n) is 8.90. The lowest BCUT2D eigenvalue weighted by atomic mass is 10.3. The van der Waals surface area contributed by atoms with Gasteiger partial charge in [0, 0.05) is 38.6 Å². The van der Waals surface area contributed by atoms with Crippen LogP contribution in [-0.4, -0.2) is 58.7 Å². The standard InChI is InChI=1S/C18H18ClFN6O2S/c1-13-21-6-7-26(13)18-5-4-17(22-23-18)24-8-10-25(11-9-24)29(27,28)14-2-3-16(20)15(19)12-14/h2-7,12H,8-11H2,1H3. The molecule has 4 rings (SSSR count). The Morgan fingerprint density at radius 2 is 1.72 bits per heavy atom. The van der Waals surface area contributed by atoms with Crippen molar-refractivity contribution < 1.29 is 12.8 Å². The number of halogens is 2. The zero-order valence-corrected chi connectivity index (χ0v) is 17.1. The zero-order chi connectivity index (χ0) is 20.6. The quantitative estimate of drug-likeness (QED) is 0.623. The number of aryl methyl sites for hydroxylation is 1. The molecule has 1 aliphatic heterocycles. The predicted octanol–water partition coefficient (Wildman–Crippen LogP) is 2.27. The summed E-state index contributed by atoms with van der Waals surface area (Å²) in [4.78, 5) is 6.12. The molecular formula is C18H18ClFN6O2S. The van der Waals surface area contributed by atoms with Crippen molar-refractivity contribution in [3.63, 3.8) is 0 Å². The smallest absolute Gasteiger partial charge is 0.243 e. The molecule has 0 unspecified atom stereocenters. The first-order valence-corrected chi connectivity index (χ1v) is 10.7. The number of hydrogen-bond donors (Lipinski definition) is 0. The number of aromatic nitrogens is 4. The number of hydrogen-bond acceptors (Lipinski definition) is 6. The van der Waals surface area contributed by atoms with Crippen LogP contribution in [0.4, 0.5) is 10.2 Å². The Morgan fingerprint density at radius 3 is 2.31 bits per heavy atom. The van der Waals surface area contributed by atoms with Crippen molar-refractivity contribution in [3.8, 4) is 5.82 Å². The Morgan fingerprint density at radius 1 is 1.03 bits per heavy atom. The fourth-order valence-electron chi connectivity index (χ4n) is 3.18. The minimum atomic E-state index is -3.74. The Labute approximate surface area is 172 Å². The highest BCUT2D eigenvalue weighted by molar-refractivity contribution is 7.89. The van der Waals surface area contributed by atoms with Crippen molar-refractivity contribution in [1.82, 2.24) is 24.1 Å². The van der Waals surface area contributed by atoms with Gasteiger partial charge in [0.2, 0.25) is 10.0 Å². The summed E-state index contributed by atoms with van der Waals surface area (Å²) in [6.45, 7) is 3.37. The number of rotatable bonds is 4. The van der Waals surface area contributed by atoms with E-state index in [1.165, 1.54) is 10.4 Å². The molecule has 0 amide bonds. The predicted molar refractivity (Wildman–Crippen MR) is 106 cm³/mol. The third kappa shape index (κ3) is 3.83. The van der Waals surface area contributed by atoms with Crippen molar-refractivity contribution in [3.05, 3.63) is 59.4 Å². The van der Waals surface area contributed by atoms with E-state index in [1.807, 2.05) is 34.7 Å². The van der Waals surface area contributed by atoms with Gasteiger partial charge in [0.15, 0.2) is 11.6 Å². The summed E-state index contributed by atoms with van der Waals surface area (Å²) in [5.74, 6) is 1.50. The van der Waals surface area contributed by atoms with Gasteiger partial charge >= 0.3 is 0 Å². The van der Waals surface area contributed by atoms with Crippen LogP contribution in [0.2, 0.25) is 5.02 Å². The zero-order valence-electron chi connectivity index (χ0n) is 15.5. The second-order valence-corrected chi connectivity index (χ2v) is 8.91. The Balaban J connectivity index is 1.45. The molecule has 1 aliphatic rings. The van der Waals surface area contributed by atoms with Crippen LogP contribution < -0.4 is 4.90 Å². The van der Waals surface area contributed by atoms with Crippen LogP contribution in [-0.2, 0) is 10.0 Å². The van der Waals surface area contributed by atoms with E-state index in [0.717, 1.165) is 18.0 Å². The lowest BCUT2D eigenvalue weighted by Gasteiger charge is -2.34. The molecule has 1 saturated heterocycles. The van der Waals surface area contributed by atoms with Crippen LogP contribution in [0.15, 0.2) is 47.6 Å². The highest BCUT2D eigenvalue weighted by Crippen LogP contribution is 2.24. The van der Waals surface area contributed by atoms with E-state index in [0.29, 0.717) is 24.7 Å². The number of nitrogens with zero attached hydrogens (tertiary/aromatic N) is 6. The molecule has 8 nitrogen and oxygen atoms in total. The van der Waals surface area contributed by atoms with Gasteiger partial charge in [-0.15, -0.1) is 10.2 Å². The summed E-state index contributed by atoms with van der Waals surface area (Å²) in [6.07, 6.45) is 3.50. The van der Waals surface area contributed by atoms with Gasteiger partial charge in [-0.25, -0.2) is 17.8 Å². The molecule has 1 aromatic carbocycles.